The molecule has 378 valence electrons. The molecule has 0 fully saturated rings. The van der Waals surface area contributed by atoms with Crippen LogP contribution in [0.15, 0.2) is 182 Å². The molecule has 0 bridgehead atoms. The highest BCUT2D eigenvalue weighted by atomic mass is 19.2. The minimum Gasteiger partial charge on any atom is -0.304 e. The number of para-hydroxylation sites is 2. The Morgan fingerprint density at radius 3 is 1.00 bits per heavy atom. The highest BCUT2D eigenvalue weighted by Gasteiger charge is 2.48. The Bertz CT molecular complexity index is 3900. The summed E-state index contributed by atoms with van der Waals surface area (Å²) >= 11 is 0. The fourth-order valence-electron chi connectivity index (χ4n) is 12.7. The largest absolute Gasteiger partial charge is 0.304 e. The smallest absolute Gasteiger partial charge is 0.200 e. The summed E-state index contributed by atoms with van der Waals surface area (Å²) in [5.41, 5.74) is 8.42. The molecule has 0 N–H and O–H groups in total. The molecule has 0 saturated heterocycles. The van der Waals surface area contributed by atoms with Crippen molar-refractivity contribution in [1.29, 1.82) is 0 Å². The molecule has 0 unspecified atom stereocenters. The quantitative estimate of drug-likeness (QED) is 0.0911. The van der Waals surface area contributed by atoms with Crippen LogP contribution in [0.2, 0.25) is 0 Å². The normalized spacial score (nSPS) is 14.8. The van der Waals surface area contributed by atoms with Crippen molar-refractivity contribution in [3.63, 3.8) is 0 Å². The monoisotopic (exact) mass is 1030 g/mol. The van der Waals surface area contributed by atoms with Crippen LogP contribution in [0.5, 0.6) is 0 Å². The summed E-state index contributed by atoms with van der Waals surface area (Å²) in [5, 5.41) is 0. The van der Waals surface area contributed by atoms with Crippen molar-refractivity contribution < 1.29 is 39.5 Å². The molecule has 10 aromatic carbocycles. The summed E-state index contributed by atoms with van der Waals surface area (Å²) in [6.07, 6.45) is 0. The van der Waals surface area contributed by atoms with Crippen LogP contribution in [0, 0.1) is 52.4 Å². The van der Waals surface area contributed by atoms with E-state index in [1.54, 1.807) is 36.4 Å². The van der Waals surface area contributed by atoms with Crippen LogP contribution in [0.1, 0.15) is 72.2 Å². The summed E-state index contributed by atoms with van der Waals surface area (Å²) in [5.74, 6) is -22.1. The van der Waals surface area contributed by atoms with E-state index in [1.165, 1.54) is 56.6 Å². The molecule has 0 aromatic heterocycles. The van der Waals surface area contributed by atoms with Crippen LogP contribution in [0.4, 0.5) is 56.6 Å². The van der Waals surface area contributed by atoms with Crippen LogP contribution in [0.3, 0.4) is 0 Å². The first-order chi connectivity index (χ1) is 37.0. The molecule has 0 saturated carbocycles. The van der Waals surface area contributed by atoms with Gasteiger partial charge in [0.2, 0.25) is 5.82 Å². The predicted octanol–water partition coefficient (Wildman–Crippen LogP) is 18.7. The summed E-state index contributed by atoms with van der Waals surface area (Å²) in [4.78, 5) is 0.986. The van der Waals surface area contributed by atoms with Gasteiger partial charge in [0.1, 0.15) is 5.69 Å². The molecule has 1 nitrogen and oxygen atoms in total. The molecule has 0 atom stereocenters. The molecule has 0 amide bonds. The topological polar surface area (TPSA) is 3.24 Å². The third-order valence-corrected chi connectivity index (χ3v) is 16.5. The number of anilines is 3. The molecular weight excluding hydrogens is 990 g/mol. The Balaban J connectivity index is 1.00. The number of fused-ring (bicyclic) bond motifs is 8. The number of halogens is 9. The van der Waals surface area contributed by atoms with Crippen molar-refractivity contribution in [2.75, 3.05) is 4.90 Å². The van der Waals surface area contributed by atoms with Crippen molar-refractivity contribution in [2.24, 2.45) is 0 Å². The van der Waals surface area contributed by atoms with Crippen LogP contribution in [-0.2, 0) is 16.2 Å². The fraction of sp³-hybridized carbons (Fsp3) is 0.104. The molecule has 10 aromatic rings. The van der Waals surface area contributed by atoms with Crippen molar-refractivity contribution in [2.45, 2.75) is 43.9 Å². The molecule has 77 heavy (non-hydrogen) atoms. The lowest BCUT2D eigenvalue weighted by Gasteiger charge is -2.46. The lowest BCUT2D eigenvalue weighted by molar-refractivity contribution is 0.379. The Morgan fingerprint density at radius 2 is 0.597 bits per heavy atom. The zero-order valence-electron chi connectivity index (χ0n) is 41.7. The van der Waals surface area contributed by atoms with Crippen molar-refractivity contribution in [3.05, 3.63) is 279 Å². The van der Waals surface area contributed by atoms with E-state index in [0.717, 1.165) is 38.3 Å². The summed E-state index contributed by atoms with van der Waals surface area (Å²) < 4.78 is 141. The third-order valence-electron chi connectivity index (χ3n) is 16.5. The molecule has 0 radical (unpaired) electrons. The number of hydrogen-bond acceptors (Lipinski definition) is 1. The maximum absolute atomic E-state index is 17.0. The zero-order valence-corrected chi connectivity index (χ0v) is 41.7. The third kappa shape index (κ3) is 6.57. The molecule has 0 spiro atoms. The molecule has 3 aliphatic rings. The van der Waals surface area contributed by atoms with Gasteiger partial charge in [-0.05, 0) is 113 Å². The van der Waals surface area contributed by atoms with Gasteiger partial charge in [-0.2, -0.15) is 0 Å². The van der Waals surface area contributed by atoms with Gasteiger partial charge in [0.05, 0.1) is 27.9 Å². The Morgan fingerprint density at radius 1 is 0.286 bits per heavy atom. The Labute approximate surface area is 438 Å². The average molecular weight is 1030 g/mol. The van der Waals surface area contributed by atoms with E-state index >= 15 is 26.3 Å². The van der Waals surface area contributed by atoms with E-state index in [9.17, 15) is 13.2 Å². The van der Waals surface area contributed by atoms with Crippen molar-refractivity contribution in [1.82, 2.24) is 0 Å². The predicted molar refractivity (Wildman–Crippen MR) is 284 cm³/mol. The molecule has 1 aliphatic heterocycles. The molecule has 13 rings (SSSR count). The summed E-state index contributed by atoms with van der Waals surface area (Å²) in [6, 6.07) is 59.0. The van der Waals surface area contributed by atoms with Gasteiger partial charge in [0, 0.05) is 10.8 Å². The maximum atomic E-state index is 17.0. The Hall–Kier alpha value is -8.63. The van der Waals surface area contributed by atoms with E-state index < -0.39 is 74.6 Å². The zero-order chi connectivity index (χ0) is 53.6. The first-order valence-electron chi connectivity index (χ1n) is 25.0. The van der Waals surface area contributed by atoms with E-state index in [2.05, 4.69) is 100 Å². The van der Waals surface area contributed by atoms with Crippen molar-refractivity contribution >= 4 is 17.1 Å². The van der Waals surface area contributed by atoms with Crippen LogP contribution in [-0.4, -0.2) is 0 Å². The summed E-state index contributed by atoms with van der Waals surface area (Å²) in [6.45, 7) is 8.86. The first-order valence-corrected chi connectivity index (χ1v) is 25.0. The highest BCUT2D eigenvalue weighted by molar-refractivity contribution is 5.92. The van der Waals surface area contributed by atoms with Gasteiger partial charge in [-0.25, -0.2) is 39.5 Å². The van der Waals surface area contributed by atoms with Crippen LogP contribution < -0.4 is 4.90 Å². The van der Waals surface area contributed by atoms with Gasteiger partial charge < -0.3 is 4.90 Å². The second-order valence-electron chi connectivity index (χ2n) is 21.1. The van der Waals surface area contributed by atoms with Crippen molar-refractivity contribution in [3.8, 4) is 55.6 Å². The fourth-order valence-corrected chi connectivity index (χ4v) is 12.7. The standard InChI is InChI=1S/C67H42F9N/c1-65(2)45-15-7-5-13-41(45)43-31-25-37(33-49(43)65)35-21-27-39(28-22-35)67(40-29-23-36(24-30-40)38-26-32-44-42-14-6-8-16-46(42)66(3,4)50(44)34-38)47-17-9-11-19-51(47)77(52-20-12-10-18-48(52)67)64-62(75)57(70)54(58(71)63(64)76)53-55(68)59(72)61(74)60(73)56(53)69/h5-34H,1-4H3. The lowest BCUT2D eigenvalue weighted by Crippen LogP contribution is -2.38. The maximum Gasteiger partial charge on any atom is 0.200 e. The summed E-state index contributed by atoms with van der Waals surface area (Å²) in [7, 11) is 0. The van der Waals surface area contributed by atoms with Gasteiger partial charge >= 0.3 is 0 Å². The number of rotatable bonds is 6. The molecule has 2 aliphatic carbocycles. The second-order valence-corrected chi connectivity index (χ2v) is 21.1. The van der Waals surface area contributed by atoms with E-state index in [0.29, 0.717) is 11.1 Å². The average Bonchev–Trinajstić information content (AvgIpc) is 4.07. The minimum atomic E-state index is -2.64. The van der Waals surface area contributed by atoms with E-state index in [-0.39, 0.29) is 22.2 Å². The van der Waals surface area contributed by atoms with Gasteiger partial charge in [-0.1, -0.05) is 185 Å². The number of benzene rings is 10. The van der Waals surface area contributed by atoms with Gasteiger partial charge in [-0.3, -0.25) is 0 Å². The van der Waals surface area contributed by atoms with E-state index in [1.807, 2.05) is 60.7 Å². The molecular formula is C67H42F9N. The Kier molecular flexibility index (Phi) is 10.6. The van der Waals surface area contributed by atoms with Gasteiger partial charge in [0.15, 0.2) is 46.5 Å². The molecule has 1 heterocycles. The number of nitrogens with zero attached hydrogens (tertiary/aromatic N) is 1. The van der Waals surface area contributed by atoms with E-state index in [4.69, 9.17) is 0 Å². The number of hydrogen-bond donors (Lipinski definition) is 0. The van der Waals surface area contributed by atoms with Gasteiger partial charge in [0.25, 0.3) is 0 Å². The SMILES string of the molecule is CC1(C)c2ccccc2-c2ccc(-c3ccc(C4(c5ccc(-c6ccc7c(c6)C(C)(C)c6ccccc6-7)cc5)c5ccccc5N(c5c(F)c(F)c(-c6c(F)c(F)c(F)c(F)c6F)c(F)c5F)c5ccccc54)cc3)cc21. The second kappa shape index (κ2) is 16.9. The lowest BCUT2D eigenvalue weighted by atomic mass is 9.62. The van der Waals surface area contributed by atoms with Gasteiger partial charge in [-0.15, -0.1) is 0 Å². The first kappa shape index (κ1) is 48.0. The van der Waals surface area contributed by atoms with Crippen LogP contribution >= 0.6 is 0 Å². The molecule has 10 heteroatoms. The highest BCUT2D eigenvalue weighted by Crippen LogP contribution is 2.60. The minimum absolute atomic E-state index is 0.0702. The van der Waals surface area contributed by atoms with Crippen LogP contribution in [0.25, 0.3) is 55.6 Å².